The number of hydrogen-bond donors (Lipinski definition) is 1. The summed E-state index contributed by atoms with van der Waals surface area (Å²) in [7, 11) is 0. The largest absolute Gasteiger partial charge is 0.492 e. The van der Waals surface area contributed by atoms with Crippen molar-refractivity contribution < 1.29 is 9.15 Å². The molecule has 3 nitrogen and oxygen atoms in total. The summed E-state index contributed by atoms with van der Waals surface area (Å²) in [6.07, 6.45) is 1.69. The number of rotatable bonds is 6. The molecule has 0 fully saturated rings. The van der Waals surface area contributed by atoms with Crippen LogP contribution in [0.2, 0.25) is 0 Å². The Bertz CT molecular complexity index is 470. The maximum absolute atomic E-state index is 5.63. The highest BCUT2D eigenvalue weighted by Gasteiger charge is 2.06. The minimum Gasteiger partial charge on any atom is -0.492 e. The van der Waals surface area contributed by atoms with Gasteiger partial charge in [0.15, 0.2) is 0 Å². The molecule has 1 atom stereocenters. The molecule has 4 heteroatoms. The van der Waals surface area contributed by atoms with E-state index in [2.05, 4.69) is 28.2 Å². The molecule has 1 aromatic heterocycles. The molecule has 0 aliphatic heterocycles. The van der Waals surface area contributed by atoms with E-state index in [0.717, 1.165) is 22.5 Å². The van der Waals surface area contributed by atoms with Gasteiger partial charge >= 0.3 is 0 Å². The van der Waals surface area contributed by atoms with E-state index in [9.17, 15) is 0 Å². The van der Waals surface area contributed by atoms with Gasteiger partial charge in [0.2, 0.25) is 0 Å². The molecule has 96 valence electrons. The van der Waals surface area contributed by atoms with Crippen LogP contribution < -0.4 is 10.1 Å². The van der Waals surface area contributed by atoms with Crippen LogP contribution in [-0.4, -0.2) is 13.2 Å². The number of halogens is 1. The minimum atomic E-state index is 0.200. The van der Waals surface area contributed by atoms with Crippen molar-refractivity contribution in [1.82, 2.24) is 5.32 Å². The zero-order valence-electron chi connectivity index (χ0n) is 10.2. The first-order valence-electron chi connectivity index (χ1n) is 5.91. The van der Waals surface area contributed by atoms with Crippen molar-refractivity contribution in [2.45, 2.75) is 13.0 Å². The van der Waals surface area contributed by atoms with Gasteiger partial charge in [-0.1, -0.05) is 22.0 Å². The van der Waals surface area contributed by atoms with Crippen molar-refractivity contribution in [2.24, 2.45) is 0 Å². The van der Waals surface area contributed by atoms with Crippen LogP contribution >= 0.6 is 15.9 Å². The summed E-state index contributed by atoms with van der Waals surface area (Å²) in [5, 5.41) is 3.34. The molecule has 1 aromatic carbocycles. The van der Waals surface area contributed by atoms with E-state index in [0.29, 0.717) is 6.61 Å². The van der Waals surface area contributed by atoms with Gasteiger partial charge in [-0.25, -0.2) is 0 Å². The molecular formula is C14H16BrNO2. The zero-order chi connectivity index (χ0) is 12.8. The molecule has 0 aliphatic carbocycles. The Morgan fingerprint density at radius 2 is 2.22 bits per heavy atom. The maximum atomic E-state index is 5.63. The summed E-state index contributed by atoms with van der Waals surface area (Å²) < 4.78 is 12.0. The Balaban J connectivity index is 1.70. The van der Waals surface area contributed by atoms with Crippen molar-refractivity contribution in [3.05, 3.63) is 52.9 Å². The Kier molecular flexibility index (Phi) is 4.84. The van der Waals surface area contributed by atoms with Crippen LogP contribution in [0, 0.1) is 0 Å². The third-order valence-corrected chi connectivity index (χ3v) is 3.08. The van der Waals surface area contributed by atoms with Gasteiger partial charge in [0.1, 0.15) is 18.1 Å². The highest BCUT2D eigenvalue weighted by molar-refractivity contribution is 9.10. The number of ether oxygens (including phenoxy) is 1. The van der Waals surface area contributed by atoms with Gasteiger partial charge in [-0.2, -0.15) is 0 Å². The molecule has 0 saturated carbocycles. The average Bonchev–Trinajstić information content (AvgIpc) is 2.88. The van der Waals surface area contributed by atoms with E-state index in [4.69, 9.17) is 9.15 Å². The van der Waals surface area contributed by atoms with Crippen LogP contribution in [0.15, 0.2) is 51.6 Å². The second-order valence-electron chi connectivity index (χ2n) is 4.00. The number of benzene rings is 1. The molecule has 0 bridgehead atoms. The Labute approximate surface area is 115 Å². The molecule has 0 spiro atoms. The normalized spacial score (nSPS) is 12.3. The molecule has 1 N–H and O–H groups in total. The SMILES string of the molecule is C[C@@H](NCCOc1cccc(Br)c1)c1ccco1. The summed E-state index contributed by atoms with van der Waals surface area (Å²) in [4.78, 5) is 0. The molecule has 2 aromatic rings. The lowest BCUT2D eigenvalue weighted by atomic mass is 10.2. The second kappa shape index (κ2) is 6.61. The lowest BCUT2D eigenvalue weighted by Gasteiger charge is -2.12. The Morgan fingerprint density at radius 1 is 1.33 bits per heavy atom. The monoisotopic (exact) mass is 309 g/mol. The maximum Gasteiger partial charge on any atom is 0.120 e. The van der Waals surface area contributed by atoms with Gasteiger partial charge in [-0.05, 0) is 37.3 Å². The van der Waals surface area contributed by atoms with Gasteiger partial charge in [0.05, 0.1) is 12.3 Å². The van der Waals surface area contributed by atoms with E-state index in [1.165, 1.54) is 0 Å². The van der Waals surface area contributed by atoms with Crippen LogP contribution in [-0.2, 0) is 0 Å². The Hall–Kier alpha value is -1.26. The first-order chi connectivity index (χ1) is 8.75. The average molecular weight is 310 g/mol. The fourth-order valence-electron chi connectivity index (χ4n) is 1.64. The van der Waals surface area contributed by atoms with Crippen molar-refractivity contribution in [1.29, 1.82) is 0 Å². The van der Waals surface area contributed by atoms with Gasteiger partial charge in [0, 0.05) is 11.0 Å². The number of nitrogens with one attached hydrogen (secondary N) is 1. The fraction of sp³-hybridized carbons (Fsp3) is 0.286. The summed E-state index contributed by atoms with van der Waals surface area (Å²) in [5.41, 5.74) is 0. The molecule has 1 heterocycles. The molecular weight excluding hydrogens is 294 g/mol. The minimum absolute atomic E-state index is 0.200. The predicted molar refractivity (Wildman–Crippen MR) is 74.8 cm³/mol. The molecule has 18 heavy (non-hydrogen) atoms. The molecule has 2 rings (SSSR count). The first-order valence-corrected chi connectivity index (χ1v) is 6.70. The lowest BCUT2D eigenvalue weighted by molar-refractivity contribution is 0.301. The van der Waals surface area contributed by atoms with E-state index in [-0.39, 0.29) is 6.04 Å². The summed E-state index contributed by atoms with van der Waals surface area (Å²) >= 11 is 3.41. The first kappa shape index (κ1) is 13.2. The van der Waals surface area contributed by atoms with Crippen LogP contribution in [0.1, 0.15) is 18.7 Å². The summed E-state index contributed by atoms with van der Waals surface area (Å²) in [6, 6.07) is 11.9. The molecule has 0 radical (unpaired) electrons. The van der Waals surface area contributed by atoms with Gasteiger partial charge in [-0.3, -0.25) is 0 Å². The van der Waals surface area contributed by atoms with E-state index in [1.807, 2.05) is 36.4 Å². The smallest absolute Gasteiger partial charge is 0.120 e. The van der Waals surface area contributed by atoms with Crippen LogP contribution in [0.25, 0.3) is 0 Å². The highest BCUT2D eigenvalue weighted by atomic mass is 79.9. The lowest BCUT2D eigenvalue weighted by Crippen LogP contribution is -2.24. The van der Waals surface area contributed by atoms with E-state index in [1.54, 1.807) is 6.26 Å². The quantitative estimate of drug-likeness (QED) is 0.825. The molecule has 0 aliphatic rings. The standard InChI is InChI=1S/C14H16BrNO2/c1-11(14-6-3-8-18-14)16-7-9-17-13-5-2-4-12(15)10-13/h2-6,8,10-11,16H,7,9H2,1H3/t11-/m1/s1. The van der Waals surface area contributed by atoms with Crippen molar-refractivity contribution in [2.75, 3.05) is 13.2 Å². The Morgan fingerprint density at radius 3 is 2.94 bits per heavy atom. The van der Waals surface area contributed by atoms with Crippen LogP contribution in [0.3, 0.4) is 0 Å². The number of furan rings is 1. The van der Waals surface area contributed by atoms with Gasteiger partial charge in [-0.15, -0.1) is 0 Å². The third kappa shape index (κ3) is 3.89. The van der Waals surface area contributed by atoms with E-state index < -0.39 is 0 Å². The summed E-state index contributed by atoms with van der Waals surface area (Å²) in [5.74, 6) is 1.81. The molecule has 0 saturated heterocycles. The van der Waals surface area contributed by atoms with Crippen LogP contribution in [0.4, 0.5) is 0 Å². The van der Waals surface area contributed by atoms with E-state index >= 15 is 0 Å². The predicted octanol–water partition coefficient (Wildman–Crippen LogP) is 3.77. The van der Waals surface area contributed by atoms with Gasteiger partial charge < -0.3 is 14.5 Å². The van der Waals surface area contributed by atoms with Crippen LogP contribution in [0.5, 0.6) is 5.75 Å². The topological polar surface area (TPSA) is 34.4 Å². The van der Waals surface area contributed by atoms with Crippen molar-refractivity contribution in [3.8, 4) is 5.75 Å². The molecule has 0 amide bonds. The third-order valence-electron chi connectivity index (χ3n) is 2.59. The van der Waals surface area contributed by atoms with Crippen molar-refractivity contribution in [3.63, 3.8) is 0 Å². The zero-order valence-corrected chi connectivity index (χ0v) is 11.8. The van der Waals surface area contributed by atoms with Crippen molar-refractivity contribution >= 4 is 15.9 Å². The second-order valence-corrected chi connectivity index (χ2v) is 4.91. The number of hydrogen-bond acceptors (Lipinski definition) is 3. The summed E-state index contributed by atoms with van der Waals surface area (Å²) in [6.45, 7) is 3.47. The highest BCUT2D eigenvalue weighted by Crippen LogP contribution is 2.17. The molecule has 0 unspecified atom stereocenters. The fourth-order valence-corrected chi connectivity index (χ4v) is 2.02. The van der Waals surface area contributed by atoms with Gasteiger partial charge in [0.25, 0.3) is 0 Å².